The summed E-state index contributed by atoms with van der Waals surface area (Å²) in [5, 5.41) is 3.29. The summed E-state index contributed by atoms with van der Waals surface area (Å²) in [6.45, 7) is 5.26. The predicted octanol–water partition coefficient (Wildman–Crippen LogP) is 3.04. The highest BCUT2D eigenvalue weighted by atomic mass is 16.1. The van der Waals surface area contributed by atoms with Gasteiger partial charge in [0.1, 0.15) is 5.69 Å². The van der Waals surface area contributed by atoms with Crippen LogP contribution in [0.4, 0.5) is 5.95 Å². The van der Waals surface area contributed by atoms with E-state index in [1.807, 2.05) is 6.92 Å². The Bertz CT molecular complexity index is 672. The van der Waals surface area contributed by atoms with Gasteiger partial charge in [-0.3, -0.25) is 9.36 Å². The first-order valence-corrected chi connectivity index (χ1v) is 8.17. The fraction of sp³-hybridized carbons (Fsp3) is 0.625. The lowest BCUT2D eigenvalue weighted by atomic mass is 9.89. The van der Waals surface area contributed by atoms with Crippen LogP contribution in [0.1, 0.15) is 56.4 Å². The van der Waals surface area contributed by atoms with Crippen molar-refractivity contribution in [3.05, 3.63) is 11.9 Å². The smallest absolute Gasteiger partial charge is 0.206 e. The average Bonchev–Trinajstić information content (AvgIpc) is 2.86. The molecule has 3 rings (SSSR count). The second-order valence-corrected chi connectivity index (χ2v) is 6.04. The zero-order valence-electron chi connectivity index (χ0n) is 13.3. The normalized spacial score (nSPS) is 16.1. The van der Waals surface area contributed by atoms with Crippen LogP contribution in [0.5, 0.6) is 0 Å². The van der Waals surface area contributed by atoms with E-state index in [2.05, 4.69) is 24.8 Å². The van der Waals surface area contributed by atoms with E-state index < -0.39 is 0 Å². The van der Waals surface area contributed by atoms with Crippen LogP contribution in [0, 0.1) is 5.92 Å². The monoisotopic (exact) mass is 301 g/mol. The SMILES string of the molecule is CCNc1nc2ncc(C(C)=O)nc2n1CC1CCCCC1. The fourth-order valence-electron chi connectivity index (χ4n) is 3.16. The maximum Gasteiger partial charge on any atom is 0.206 e. The molecule has 1 N–H and O–H groups in total. The fourth-order valence-corrected chi connectivity index (χ4v) is 3.16. The lowest BCUT2D eigenvalue weighted by Gasteiger charge is -2.22. The molecular weight excluding hydrogens is 278 g/mol. The summed E-state index contributed by atoms with van der Waals surface area (Å²) < 4.78 is 2.11. The molecule has 22 heavy (non-hydrogen) atoms. The van der Waals surface area contributed by atoms with E-state index in [0.29, 0.717) is 22.9 Å². The predicted molar refractivity (Wildman–Crippen MR) is 86.1 cm³/mol. The third-order valence-corrected chi connectivity index (χ3v) is 4.32. The molecule has 6 nitrogen and oxygen atoms in total. The molecule has 118 valence electrons. The van der Waals surface area contributed by atoms with E-state index in [1.54, 1.807) is 0 Å². The highest BCUT2D eigenvalue weighted by Crippen LogP contribution is 2.27. The number of fused-ring (bicyclic) bond motifs is 1. The quantitative estimate of drug-likeness (QED) is 0.859. The number of rotatable bonds is 5. The van der Waals surface area contributed by atoms with Gasteiger partial charge in [-0.25, -0.2) is 9.97 Å². The van der Waals surface area contributed by atoms with Gasteiger partial charge < -0.3 is 5.32 Å². The molecule has 2 aromatic rings. The van der Waals surface area contributed by atoms with Crippen molar-refractivity contribution in [3.8, 4) is 0 Å². The van der Waals surface area contributed by atoms with Gasteiger partial charge >= 0.3 is 0 Å². The van der Waals surface area contributed by atoms with Crippen molar-refractivity contribution < 1.29 is 4.79 Å². The second kappa shape index (κ2) is 6.42. The number of carbonyl (C=O) groups excluding carboxylic acids is 1. The van der Waals surface area contributed by atoms with Crippen molar-refractivity contribution in [2.24, 2.45) is 5.92 Å². The molecule has 0 radical (unpaired) electrons. The van der Waals surface area contributed by atoms with Crippen LogP contribution in [-0.2, 0) is 6.54 Å². The lowest BCUT2D eigenvalue weighted by Crippen LogP contribution is -2.17. The van der Waals surface area contributed by atoms with E-state index in [-0.39, 0.29) is 5.78 Å². The van der Waals surface area contributed by atoms with E-state index >= 15 is 0 Å². The number of nitrogens with one attached hydrogen (secondary N) is 1. The third-order valence-electron chi connectivity index (χ3n) is 4.32. The lowest BCUT2D eigenvalue weighted by molar-refractivity contribution is 0.101. The minimum Gasteiger partial charge on any atom is -0.356 e. The topological polar surface area (TPSA) is 72.7 Å². The Kier molecular flexibility index (Phi) is 4.36. The Morgan fingerprint density at radius 2 is 2.09 bits per heavy atom. The Morgan fingerprint density at radius 3 is 2.77 bits per heavy atom. The van der Waals surface area contributed by atoms with Crippen molar-refractivity contribution in [3.63, 3.8) is 0 Å². The minimum absolute atomic E-state index is 0.0650. The minimum atomic E-state index is -0.0650. The van der Waals surface area contributed by atoms with Crippen LogP contribution >= 0.6 is 0 Å². The standard InChI is InChI=1S/C16H23N5O/c1-3-17-16-20-14-15(19-13(9-18-14)11(2)22)21(16)10-12-7-5-4-6-8-12/h9,12H,3-8,10H2,1-2H3,(H,17,18,20). The summed E-state index contributed by atoms with van der Waals surface area (Å²) >= 11 is 0. The molecule has 0 bridgehead atoms. The number of anilines is 1. The number of hydrogen-bond donors (Lipinski definition) is 1. The number of imidazole rings is 1. The summed E-state index contributed by atoms with van der Waals surface area (Å²) in [6, 6.07) is 0. The first kappa shape index (κ1) is 14.9. The van der Waals surface area contributed by atoms with Crippen LogP contribution in [0.3, 0.4) is 0 Å². The molecule has 0 aliphatic heterocycles. The summed E-state index contributed by atoms with van der Waals surface area (Å²) in [7, 11) is 0. The van der Waals surface area contributed by atoms with Gasteiger partial charge in [-0.2, -0.15) is 4.98 Å². The number of carbonyl (C=O) groups is 1. The molecule has 1 aliphatic rings. The van der Waals surface area contributed by atoms with Gasteiger partial charge in [-0.1, -0.05) is 19.3 Å². The zero-order chi connectivity index (χ0) is 15.5. The maximum atomic E-state index is 11.6. The van der Waals surface area contributed by atoms with E-state index in [1.165, 1.54) is 45.2 Å². The van der Waals surface area contributed by atoms with Gasteiger partial charge in [0.05, 0.1) is 6.20 Å². The summed E-state index contributed by atoms with van der Waals surface area (Å²) in [5.74, 6) is 1.40. The Balaban J connectivity index is 2.00. The molecule has 0 saturated heterocycles. The molecule has 2 heterocycles. The summed E-state index contributed by atoms with van der Waals surface area (Å²) in [5.41, 5.74) is 1.73. The van der Waals surface area contributed by atoms with Gasteiger partial charge in [0.25, 0.3) is 0 Å². The molecule has 2 aromatic heterocycles. The van der Waals surface area contributed by atoms with Crippen LogP contribution in [0.25, 0.3) is 11.3 Å². The zero-order valence-corrected chi connectivity index (χ0v) is 13.3. The number of ketones is 1. The van der Waals surface area contributed by atoms with Gasteiger partial charge in [0.2, 0.25) is 5.95 Å². The van der Waals surface area contributed by atoms with Crippen LogP contribution < -0.4 is 5.32 Å². The van der Waals surface area contributed by atoms with Crippen molar-refractivity contribution in [1.29, 1.82) is 0 Å². The molecule has 0 amide bonds. The van der Waals surface area contributed by atoms with Gasteiger partial charge in [0, 0.05) is 20.0 Å². The van der Waals surface area contributed by atoms with Crippen LogP contribution in [0.15, 0.2) is 6.20 Å². The van der Waals surface area contributed by atoms with Gasteiger partial charge in [0.15, 0.2) is 17.1 Å². The number of Topliss-reactive ketones (excluding diaryl/α,β-unsaturated/α-hetero) is 1. The molecule has 1 fully saturated rings. The van der Waals surface area contributed by atoms with E-state index in [9.17, 15) is 4.79 Å². The molecular formula is C16H23N5O. The second-order valence-electron chi connectivity index (χ2n) is 6.04. The highest BCUT2D eigenvalue weighted by molar-refractivity contribution is 5.93. The van der Waals surface area contributed by atoms with E-state index in [4.69, 9.17) is 0 Å². The number of aromatic nitrogens is 4. The number of nitrogens with zero attached hydrogens (tertiary/aromatic N) is 4. The van der Waals surface area contributed by atoms with Crippen molar-refractivity contribution >= 4 is 23.0 Å². The molecule has 0 aromatic carbocycles. The van der Waals surface area contributed by atoms with Gasteiger partial charge in [-0.05, 0) is 25.7 Å². The summed E-state index contributed by atoms with van der Waals surface area (Å²) in [6.07, 6.45) is 7.97. The summed E-state index contributed by atoms with van der Waals surface area (Å²) in [4.78, 5) is 24.9. The third kappa shape index (κ3) is 2.96. The molecule has 6 heteroatoms. The van der Waals surface area contributed by atoms with E-state index in [0.717, 1.165) is 19.0 Å². The Labute approximate surface area is 130 Å². The van der Waals surface area contributed by atoms with Crippen molar-refractivity contribution in [2.45, 2.75) is 52.5 Å². The first-order chi connectivity index (χ1) is 10.7. The average molecular weight is 301 g/mol. The van der Waals surface area contributed by atoms with Crippen LogP contribution in [-0.4, -0.2) is 31.8 Å². The largest absolute Gasteiger partial charge is 0.356 e. The Hall–Kier alpha value is -1.98. The van der Waals surface area contributed by atoms with Crippen molar-refractivity contribution in [2.75, 3.05) is 11.9 Å². The highest BCUT2D eigenvalue weighted by Gasteiger charge is 2.20. The molecule has 0 atom stereocenters. The molecule has 1 aliphatic carbocycles. The van der Waals surface area contributed by atoms with Gasteiger partial charge in [-0.15, -0.1) is 0 Å². The first-order valence-electron chi connectivity index (χ1n) is 8.17. The maximum absolute atomic E-state index is 11.6. The van der Waals surface area contributed by atoms with Crippen molar-refractivity contribution in [1.82, 2.24) is 19.5 Å². The number of hydrogen-bond acceptors (Lipinski definition) is 5. The van der Waals surface area contributed by atoms with Crippen LogP contribution in [0.2, 0.25) is 0 Å². The molecule has 1 saturated carbocycles. The molecule has 0 unspecified atom stereocenters. The Morgan fingerprint density at radius 1 is 1.32 bits per heavy atom. The molecule has 0 spiro atoms.